The van der Waals surface area contributed by atoms with Crippen molar-refractivity contribution in [2.24, 2.45) is 5.10 Å². The first-order chi connectivity index (χ1) is 10.6. The van der Waals surface area contributed by atoms with E-state index in [1.54, 1.807) is 11.3 Å². The summed E-state index contributed by atoms with van der Waals surface area (Å²) in [4.78, 5) is 10.5. The molecule has 2 aromatic heterocycles. The standard InChI is InChI=1S/C15H12F2N4S/c1-8-9(2)22-15-13(8)14(18-7-19-15)21-20-6-10-3-4-11(16)12(17)5-10/h3-7H,1-2H3,(H,18,19,21)/b20-6+. The number of halogens is 2. The van der Waals surface area contributed by atoms with Gasteiger partial charge in [0.2, 0.25) is 0 Å². The van der Waals surface area contributed by atoms with Crippen molar-refractivity contribution < 1.29 is 8.78 Å². The molecule has 0 bridgehead atoms. The Morgan fingerprint density at radius 1 is 1.18 bits per heavy atom. The predicted molar refractivity (Wildman–Crippen MR) is 84.5 cm³/mol. The number of hydrogen-bond acceptors (Lipinski definition) is 5. The summed E-state index contributed by atoms with van der Waals surface area (Å²) < 4.78 is 26.0. The van der Waals surface area contributed by atoms with E-state index >= 15 is 0 Å². The number of hydrazone groups is 1. The third kappa shape index (κ3) is 2.67. The van der Waals surface area contributed by atoms with Gasteiger partial charge in [-0.15, -0.1) is 11.3 Å². The van der Waals surface area contributed by atoms with Gasteiger partial charge in [0.05, 0.1) is 11.6 Å². The predicted octanol–water partition coefficient (Wildman–Crippen LogP) is 4.03. The lowest BCUT2D eigenvalue weighted by Crippen LogP contribution is -1.96. The molecule has 0 aliphatic rings. The number of thiophene rings is 1. The van der Waals surface area contributed by atoms with Crippen LogP contribution in [0.5, 0.6) is 0 Å². The van der Waals surface area contributed by atoms with E-state index in [-0.39, 0.29) is 0 Å². The third-order valence-corrected chi connectivity index (χ3v) is 4.41. The molecule has 1 N–H and O–H groups in total. The van der Waals surface area contributed by atoms with E-state index in [4.69, 9.17) is 0 Å². The van der Waals surface area contributed by atoms with Crippen molar-refractivity contribution in [2.45, 2.75) is 13.8 Å². The largest absolute Gasteiger partial charge is 0.261 e. The van der Waals surface area contributed by atoms with Gasteiger partial charge in [0.15, 0.2) is 17.5 Å². The second-order valence-electron chi connectivity index (χ2n) is 4.73. The molecule has 0 unspecified atom stereocenters. The number of aromatic nitrogens is 2. The molecule has 0 aliphatic carbocycles. The summed E-state index contributed by atoms with van der Waals surface area (Å²) in [5.74, 6) is -1.20. The first-order valence-electron chi connectivity index (χ1n) is 6.51. The van der Waals surface area contributed by atoms with Gasteiger partial charge in [0.1, 0.15) is 11.2 Å². The summed E-state index contributed by atoms with van der Waals surface area (Å²) in [6.07, 6.45) is 2.87. The molecule has 7 heteroatoms. The molecule has 0 saturated carbocycles. The molecule has 4 nitrogen and oxygen atoms in total. The van der Waals surface area contributed by atoms with E-state index < -0.39 is 11.6 Å². The molecule has 0 spiro atoms. The minimum absolute atomic E-state index is 0.454. The van der Waals surface area contributed by atoms with E-state index in [1.165, 1.54) is 23.5 Å². The minimum Gasteiger partial charge on any atom is -0.261 e. The van der Waals surface area contributed by atoms with Crippen LogP contribution < -0.4 is 5.43 Å². The second kappa shape index (κ2) is 5.76. The maximum absolute atomic E-state index is 13.1. The zero-order chi connectivity index (χ0) is 15.7. The van der Waals surface area contributed by atoms with E-state index in [0.29, 0.717) is 11.4 Å². The smallest absolute Gasteiger partial charge is 0.159 e. The Labute approximate surface area is 129 Å². The first kappa shape index (κ1) is 14.5. The Balaban J connectivity index is 1.87. The van der Waals surface area contributed by atoms with Crippen LogP contribution in [-0.2, 0) is 0 Å². The van der Waals surface area contributed by atoms with Crippen LogP contribution >= 0.6 is 11.3 Å². The number of rotatable bonds is 3. The molecule has 112 valence electrons. The van der Waals surface area contributed by atoms with Crippen molar-refractivity contribution in [2.75, 3.05) is 5.43 Å². The lowest BCUT2D eigenvalue weighted by atomic mass is 10.2. The number of benzene rings is 1. The Morgan fingerprint density at radius 2 is 2.00 bits per heavy atom. The van der Waals surface area contributed by atoms with Crippen molar-refractivity contribution >= 4 is 33.6 Å². The molecular formula is C15H12F2N4S. The first-order valence-corrected chi connectivity index (χ1v) is 7.32. The van der Waals surface area contributed by atoms with Crippen LogP contribution in [0.15, 0.2) is 29.6 Å². The zero-order valence-corrected chi connectivity index (χ0v) is 12.7. The van der Waals surface area contributed by atoms with Crippen molar-refractivity contribution in [1.29, 1.82) is 0 Å². The van der Waals surface area contributed by atoms with E-state index in [1.807, 2.05) is 13.8 Å². The summed E-state index contributed by atoms with van der Waals surface area (Å²) in [7, 11) is 0. The molecule has 0 amide bonds. The fraction of sp³-hybridized carbons (Fsp3) is 0.133. The molecule has 0 fully saturated rings. The van der Waals surface area contributed by atoms with Crippen LogP contribution in [-0.4, -0.2) is 16.2 Å². The molecule has 3 aromatic rings. The highest BCUT2D eigenvalue weighted by atomic mass is 32.1. The molecule has 0 aliphatic heterocycles. The van der Waals surface area contributed by atoms with Crippen LogP contribution in [0, 0.1) is 25.5 Å². The fourth-order valence-electron chi connectivity index (χ4n) is 2.03. The monoisotopic (exact) mass is 318 g/mol. The van der Waals surface area contributed by atoms with Gasteiger partial charge in [-0.1, -0.05) is 6.07 Å². The van der Waals surface area contributed by atoms with Gasteiger partial charge in [-0.25, -0.2) is 18.7 Å². The Bertz CT molecular complexity index is 873. The quantitative estimate of drug-likeness (QED) is 0.586. The van der Waals surface area contributed by atoms with Gasteiger partial charge >= 0.3 is 0 Å². The third-order valence-electron chi connectivity index (χ3n) is 3.29. The lowest BCUT2D eigenvalue weighted by Gasteiger charge is -2.02. The number of nitrogens with one attached hydrogen (secondary N) is 1. The lowest BCUT2D eigenvalue weighted by molar-refractivity contribution is 0.508. The maximum Gasteiger partial charge on any atom is 0.159 e. The van der Waals surface area contributed by atoms with Crippen LogP contribution in [0.1, 0.15) is 16.0 Å². The molecule has 3 rings (SSSR count). The molecule has 0 atom stereocenters. The normalized spacial score (nSPS) is 11.5. The number of fused-ring (bicyclic) bond motifs is 1. The Hall–Kier alpha value is -2.41. The van der Waals surface area contributed by atoms with Gasteiger partial charge in [-0.3, -0.25) is 5.43 Å². The highest BCUT2D eigenvalue weighted by molar-refractivity contribution is 7.18. The highest BCUT2D eigenvalue weighted by Gasteiger charge is 2.11. The van der Waals surface area contributed by atoms with Crippen LogP contribution in [0.4, 0.5) is 14.6 Å². The number of aryl methyl sites for hydroxylation is 2. The van der Waals surface area contributed by atoms with Crippen molar-refractivity contribution in [1.82, 2.24) is 9.97 Å². The Morgan fingerprint density at radius 3 is 2.77 bits per heavy atom. The second-order valence-corrected chi connectivity index (χ2v) is 5.93. The van der Waals surface area contributed by atoms with Gasteiger partial charge in [-0.2, -0.15) is 5.10 Å². The molecule has 2 heterocycles. The summed E-state index contributed by atoms with van der Waals surface area (Å²) >= 11 is 1.59. The Kier molecular flexibility index (Phi) is 3.81. The summed E-state index contributed by atoms with van der Waals surface area (Å²) in [6.45, 7) is 4.03. The van der Waals surface area contributed by atoms with Crippen LogP contribution in [0.2, 0.25) is 0 Å². The molecular weight excluding hydrogens is 306 g/mol. The maximum atomic E-state index is 13.1. The number of anilines is 1. The molecule has 0 saturated heterocycles. The summed E-state index contributed by atoms with van der Waals surface area (Å²) in [6, 6.07) is 3.58. The SMILES string of the molecule is Cc1sc2ncnc(N/N=C/c3ccc(F)c(F)c3)c2c1C. The summed E-state index contributed by atoms with van der Waals surface area (Å²) in [5, 5.41) is 4.96. The highest BCUT2D eigenvalue weighted by Crippen LogP contribution is 2.32. The average Bonchev–Trinajstić information content (AvgIpc) is 2.79. The van der Waals surface area contributed by atoms with Crippen LogP contribution in [0.25, 0.3) is 10.2 Å². The van der Waals surface area contributed by atoms with Crippen molar-refractivity contribution in [3.63, 3.8) is 0 Å². The average molecular weight is 318 g/mol. The van der Waals surface area contributed by atoms with Crippen molar-refractivity contribution in [3.05, 3.63) is 52.2 Å². The molecule has 0 radical (unpaired) electrons. The topological polar surface area (TPSA) is 50.2 Å². The van der Waals surface area contributed by atoms with Gasteiger partial charge in [0, 0.05) is 4.88 Å². The van der Waals surface area contributed by atoms with Gasteiger partial charge < -0.3 is 0 Å². The van der Waals surface area contributed by atoms with Crippen molar-refractivity contribution in [3.8, 4) is 0 Å². The fourth-order valence-corrected chi connectivity index (χ4v) is 3.02. The number of hydrogen-bond donors (Lipinski definition) is 1. The minimum atomic E-state index is -0.905. The number of nitrogens with zero attached hydrogens (tertiary/aromatic N) is 3. The van der Waals surface area contributed by atoms with Crippen LogP contribution in [0.3, 0.4) is 0 Å². The summed E-state index contributed by atoms with van der Waals surface area (Å²) in [5.41, 5.74) is 4.39. The van der Waals surface area contributed by atoms with Gasteiger partial charge in [-0.05, 0) is 37.1 Å². The zero-order valence-electron chi connectivity index (χ0n) is 11.9. The van der Waals surface area contributed by atoms with E-state index in [2.05, 4.69) is 20.5 Å². The van der Waals surface area contributed by atoms with E-state index in [0.717, 1.165) is 27.9 Å². The van der Waals surface area contributed by atoms with E-state index in [9.17, 15) is 8.78 Å². The molecule has 22 heavy (non-hydrogen) atoms. The molecule has 1 aromatic carbocycles. The van der Waals surface area contributed by atoms with Gasteiger partial charge in [0.25, 0.3) is 0 Å².